The average Bonchev–Trinajstić information content (AvgIpc) is 3.23. The largest absolute Gasteiger partial charge is 0.463 e. The zero-order valence-corrected chi connectivity index (χ0v) is 16.6. The highest BCUT2D eigenvalue weighted by atomic mass is 35.5. The summed E-state index contributed by atoms with van der Waals surface area (Å²) in [4.78, 5) is 27.2. The molecule has 1 aromatic heterocycles. The Balaban J connectivity index is 1.67. The van der Waals surface area contributed by atoms with Gasteiger partial charge in [-0.05, 0) is 37.5 Å². The van der Waals surface area contributed by atoms with Crippen molar-refractivity contribution in [3.05, 3.63) is 35.0 Å². The second kappa shape index (κ2) is 7.90. The number of nitrogens with one attached hydrogen (secondary N) is 1. The number of furan rings is 1. The molecule has 2 amide bonds. The van der Waals surface area contributed by atoms with Crippen molar-refractivity contribution in [1.29, 1.82) is 0 Å². The molecule has 0 spiro atoms. The molecule has 2 atom stereocenters. The van der Waals surface area contributed by atoms with Crippen LogP contribution in [-0.2, 0) is 9.53 Å². The number of hydrogen-bond acceptors (Lipinski definition) is 4. The smallest absolute Gasteiger partial charge is 0.252 e. The van der Waals surface area contributed by atoms with Crippen molar-refractivity contribution in [2.45, 2.75) is 32.2 Å². The van der Waals surface area contributed by atoms with E-state index in [0.29, 0.717) is 54.1 Å². The van der Waals surface area contributed by atoms with Crippen LogP contribution >= 0.6 is 11.6 Å². The Morgan fingerprint density at radius 1 is 1.41 bits per heavy atom. The van der Waals surface area contributed by atoms with E-state index in [1.54, 1.807) is 25.3 Å². The van der Waals surface area contributed by atoms with E-state index in [9.17, 15) is 9.59 Å². The average molecular weight is 393 g/mol. The molecule has 1 aromatic carbocycles. The van der Waals surface area contributed by atoms with Gasteiger partial charge in [0.25, 0.3) is 5.91 Å². The van der Waals surface area contributed by atoms with Gasteiger partial charge in [0.05, 0.1) is 22.4 Å². The number of amides is 2. The molecule has 7 heteroatoms. The zero-order chi connectivity index (χ0) is 19.6. The Hall–Kier alpha value is -2.05. The number of carbonyl (C=O) groups excluding carboxylic acids is 2. The summed E-state index contributed by atoms with van der Waals surface area (Å²) in [7, 11) is 1.64. The number of halogens is 1. The molecule has 0 aliphatic carbocycles. The summed E-state index contributed by atoms with van der Waals surface area (Å²) in [5.41, 5.74) is 0.556. The van der Waals surface area contributed by atoms with Crippen LogP contribution in [0, 0.1) is 5.92 Å². The predicted molar refractivity (Wildman–Crippen MR) is 104 cm³/mol. The number of nitrogens with zero attached hydrogens (tertiary/aromatic N) is 1. The first kappa shape index (κ1) is 19.7. The van der Waals surface area contributed by atoms with Crippen molar-refractivity contribution in [1.82, 2.24) is 10.2 Å². The van der Waals surface area contributed by atoms with E-state index in [4.69, 9.17) is 20.8 Å². The van der Waals surface area contributed by atoms with Gasteiger partial charge in [0.15, 0.2) is 5.58 Å². The Morgan fingerprint density at radius 2 is 2.19 bits per heavy atom. The van der Waals surface area contributed by atoms with Gasteiger partial charge in [0.2, 0.25) is 5.91 Å². The van der Waals surface area contributed by atoms with Crippen LogP contribution in [0.15, 0.2) is 28.9 Å². The molecule has 1 aliphatic heterocycles. The normalized spacial score (nSPS) is 20.8. The standard InChI is InChI=1S/C20H25ClN2O4/c1-13(11-26-3)10-17(24)23-8-7-20(2,12-23)22-19(25)15-4-5-16(21)18-14(15)6-9-27-18/h4-6,9,13H,7-8,10-12H2,1-3H3,(H,22,25). The van der Waals surface area contributed by atoms with Gasteiger partial charge >= 0.3 is 0 Å². The summed E-state index contributed by atoms with van der Waals surface area (Å²) in [5.74, 6) is 0.0799. The summed E-state index contributed by atoms with van der Waals surface area (Å²) in [5, 5.41) is 4.25. The number of likely N-dealkylation sites (tertiary alicyclic amines) is 1. The maximum absolute atomic E-state index is 12.9. The minimum atomic E-state index is -0.465. The van der Waals surface area contributed by atoms with Gasteiger partial charge in [0, 0.05) is 38.6 Å². The second-order valence-electron chi connectivity index (χ2n) is 7.60. The highest BCUT2D eigenvalue weighted by Gasteiger charge is 2.37. The van der Waals surface area contributed by atoms with Crippen molar-refractivity contribution in [3.63, 3.8) is 0 Å². The van der Waals surface area contributed by atoms with Crippen molar-refractivity contribution in [2.75, 3.05) is 26.8 Å². The van der Waals surface area contributed by atoms with E-state index in [2.05, 4.69) is 5.32 Å². The quantitative estimate of drug-likeness (QED) is 0.816. The molecular weight excluding hydrogens is 368 g/mol. The monoisotopic (exact) mass is 392 g/mol. The highest BCUT2D eigenvalue weighted by molar-refractivity contribution is 6.35. The Labute approximate surface area is 163 Å². The van der Waals surface area contributed by atoms with E-state index < -0.39 is 5.54 Å². The fourth-order valence-corrected chi connectivity index (χ4v) is 3.82. The van der Waals surface area contributed by atoms with Crippen LogP contribution in [0.2, 0.25) is 5.02 Å². The van der Waals surface area contributed by atoms with Crippen molar-refractivity contribution >= 4 is 34.4 Å². The van der Waals surface area contributed by atoms with Crippen LogP contribution in [0.4, 0.5) is 0 Å². The first-order valence-corrected chi connectivity index (χ1v) is 9.46. The zero-order valence-electron chi connectivity index (χ0n) is 15.9. The lowest BCUT2D eigenvalue weighted by Crippen LogP contribution is -2.48. The van der Waals surface area contributed by atoms with Crippen molar-refractivity contribution < 1.29 is 18.7 Å². The SMILES string of the molecule is COCC(C)CC(=O)N1CCC(C)(NC(=O)c2ccc(Cl)c3occc23)C1. The third-order valence-electron chi connectivity index (χ3n) is 5.03. The molecule has 3 rings (SSSR count). The maximum atomic E-state index is 12.9. The lowest BCUT2D eigenvalue weighted by atomic mass is 10.00. The van der Waals surface area contributed by atoms with E-state index >= 15 is 0 Å². The Bertz CT molecular complexity index is 850. The van der Waals surface area contributed by atoms with E-state index in [-0.39, 0.29) is 17.7 Å². The summed E-state index contributed by atoms with van der Waals surface area (Å²) < 4.78 is 10.5. The minimum Gasteiger partial charge on any atom is -0.463 e. The molecule has 0 radical (unpaired) electrons. The molecule has 2 heterocycles. The van der Waals surface area contributed by atoms with Crippen LogP contribution in [-0.4, -0.2) is 49.1 Å². The minimum absolute atomic E-state index is 0.0984. The number of fused-ring (bicyclic) bond motifs is 1. The van der Waals surface area contributed by atoms with Gasteiger partial charge in [0.1, 0.15) is 0 Å². The molecule has 2 unspecified atom stereocenters. The van der Waals surface area contributed by atoms with Crippen molar-refractivity contribution in [2.24, 2.45) is 5.92 Å². The van der Waals surface area contributed by atoms with Crippen molar-refractivity contribution in [3.8, 4) is 0 Å². The molecule has 1 fully saturated rings. The molecule has 146 valence electrons. The lowest BCUT2D eigenvalue weighted by Gasteiger charge is -2.27. The second-order valence-corrected chi connectivity index (χ2v) is 8.01. The molecule has 6 nitrogen and oxygen atoms in total. The van der Waals surface area contributed by atoms with Crippen LogP contribution in [0.3, 0.4) is 0 Å². The number of hydrogen-bond donors (Lipinski definition) is 1. The summed E-state index contributed by atoms with van der Waals surface area (Å²) in [6.45, 7) is 5.66. The number of ether oxygens (including phenoxy) is 1. The number of methoxy groups -OCH3 is 1. The molecular formula is C20H25ClN2O4. The molecule has 0 bridgehead atoms. The van der Waals surface area contributed by atoms with Gasteiger partial charge in [-0.25, -0.2) is 0 Å². The third kappa shape index (κ3) is 4.28. The Kier molecular flexibility index (Phi) is 5.77. The van der Waals surface area contributed by atoms with Gasteiger partial charge < -0.3 is 19.4 Å². The van der Waals surface area contributed by atoms with Crippen LogP contribution in [0.25, 0.3) is 11.0 Å². The number of rotatable bonds is 6. The number of carbonyl (C=O) groups is 2. The van der Waals surface area contributed by atoms with Crippen LogP contribution in [0.1, 0.15) is 37.0 Å². The van der Waals surface area contributed by atoms with E-state index in [1.165, 1.54) is 6.26 Å². The van der Waals surface area contributed by atoms with Crippen LogP contribution < -0.4 is 5.32 Å². The molecule has 27 heavy (non-hydrogen) atoms. The molecule has 1 saturated heterocycles. The van der Waals surface area contributed by atoms with E-state index in [1.807, 2.05) is 18.7 Å². The molecule has 2 aromatic rings. The third-order valence-corrected chi connectivity index (χ3v) is 5.33. The Morgan fingerprint density at radius 3 is 2.93 bits per heavy atom. The fourth-order valence-electron chi connectivity index (χ4n) is 3.61. The first-order valence-electron chi connectivity index (χ1n) is 9.08. The van der Waals surface area contributed by atoms with Gasteiger partial charge in [-0.15, -0.1) is 0 Å². The van der Waals surface area contributed by atoms with Gasteiger partial charge in [-0.3, -0.25) is 9.59 Å². The molecule has 0 saturated carbocycles. The predicted octanol–water partition coefficient (Wildman–Crippen LogP) is 3.48. The summed E-state index contributed by atoms with van der Waals surface area (Å²) >= 11 is 6.11. The van der Waals surface area contributed by atoms with Crippen LogP contribution in [0.5, 0.6) is 0 Å². The topological polar surface area (TPSA) is 71.8 Å². The highest BCUT2D eigenvalue weighted by Crippen LogP contribution is 2.29. The fraction of sp³-hybridized carbons (Fsp3) is 0.500. The maximum Gasteiger partial charge on any atom is 0.252 e. The summed E-state index contributed by atoms with van der Waals surface area (Å²) in [6.07, 6.45) is 2.68. The van der Waals surface area contributed by atoms with Gasteiger partial charge in [-0.2, -0.15) is 0 Å². The number of benzene rings is 1. The first-order chi connectivity index (χ1) is 12.8. The van der Waals surface area contributed by atoms with E-state index in [0.717, 1.165) is 0 Å². The lowest BCUT2D eigenvalue weighted by molar-refractivity contribution is -0.131. The summed E-state index contributed by atoms with van der Waals surface area (Å²) in [6, 6.07) is 5.09. The molecule has 1 aliphatic rings. The van der Waals surface area contributed by atoms with Gasteiger partial charge in [-0.1, -0.05) is 18.5 Å². The molecule has 1 N–H and O–H groups in total.